The minimum atomic E-state index is -0.00674. The maximum Gasteiger partial charge on any atom is 0.169 e. The maximum absolute atomic E-state index is 13.0. The van der Waals surface area contributed by atoms with Gasteiger partial charge >= 0.3 is 0 Å². The second kappa shape index (κ2) is 9.69. The average molecular weight is 456 g/mol. The number of nitrogens with zero attached hydrogens (tertiary/aromatic N) is 6. The van der Waals surface area contributed by atoms with E-state index in [4.69, 9.17) is 0 Å². The van der Waals surface area contributed by atoms with Crippen molar-refractivity contribution in [1.29, 1.82) is 0 Å². The van der Waals surface area contributed by atoms with Gasteiger partial charge in [-0.15, -0.1) is 0 Å². The molecule has 1 aliphatic rings. The number of ketones is 1. The number of pyridine rings is 1. The summed E-state index contributed by atoms with van der Waals surface area (Å²) in [6.45, 7) is 2.65. The van der Waals surface area contributed by atoms with Gasteiger partial charge in [0.2, 0.25) is 0 Å². The Labute approximate surface area is 199 Å². The van der Waals surface area contributed by atoms with Gasteiger partial charge in [0.15, 0.2) is 5.78 Å². The first kappa shape index (κ1) is 22.2. The molecule has 0 radical (unpaired) electrons. The first-order valence-corrected chi connectivity index (χ1v) is 11.8. The summed E-state index contributed by atoms with van der Waals surface area (Å²) >= 11 is 0. The Balaban J connectivity index is 1.34. The Morgan fingerprint density at radius 2 is 2.00 bits per heavy atom. The molecule has 0 spiro atoms. The standard InChI is InChI=1S/C26H29N7O/c1-32(2)12-10-28-25-15-19(8-9-27-25)24(34)16-21-14-20-13-18(6-7-22(20)31-30-21)23-17-29-26-5-3-4-11-33(23)26/h6-9,13-15,17H,3-5,10-12,16H2,1-2H3,(H,27,28). The number of nitrogens with one attached hydrogen (secondary N) is 1. The van der Waals surface area contributed by atoms with E-state index in [-0.39, 0.29) is 12.2 Å². The van der Waals surface area contributed by atoms with Crippen LogP contribution in [0.1, 0.15) is 34.7 Å². The quantitative estimate of drug-likeness (QED) is 0.406. The first-order chi connectivity index (χ1) is 16.6. The number of aryl methyl sites for hydroxylation is 1. The molecule has 1 aliphatic heterocycles. The molecule has 0 saturated heterocycles. The van der Waals surface area contributed by atoms with E-state index in [2.05, 4.69) is 47.1 Å². The summed E-state index contributed by atoms with van der Waals surface area (Å²) in [5, 5.41) is 12.9. The van der Waals surface area contributed by atoms with Gasteiger partial charge in [-0.3, -0.25) is 4.79 Å². The number of carbonyl (C=O) groups is 1. The van der Waals surface area contributed by atoms with Gasteiger partial charge in [0.05, 0.1) is 29.5 Å². The minimum Gasteiger partial charge on any atom is -0.369 e. The topological polar surface area (TPSA) is 88.8 Å². The Bertz CT molecular complexity index is 1330. The number of benzene rings is 1. The summed E-state index contributed by atoms with van der Waals surface area (Å²) in [7, 11) is 4.04. The van der Waals surface area contributed by atoms with Crippen molar-refractivity contribution in [1.82, 2.24) is 29.6 Å². The molecule has 4 aromatic rings. The number of carbonyl (C=O) groups excluding carboxylic acids is 1. The number of imidazole rings is 1. The molecule has 0 amide bonds. The van der Waals surface area contributed by atoms with Crippen LogP contribution in [0.25, 0.3) is 22.2 Å². The normalized spacial score (nSPS) is 13.3. The van der Waals surface area contributed by atoms with Crippen LogP contribution < -0.4 is 5.32 Å². The highest BCUT2D eigenvalue weighted by Crippen LogP contribution is 2.27. The van der Waals surface area contributed by atoms with Crippen molar-refractivity contribution in [3.8, 4) is 11.3 Å². The van der Waals surface area contributed by atoms with Crippen LogP contribution in [0.3, 0.4) is 0 Å². The zero-order valence-corrected chi connectivity index (χ0v) is 19.7. The zero-order chi connectivity index (χ0) is 23.5. The fourth-order valence-electron chi connectivity index (χ4n) is 4.35. The third kappa shape index (κ3) is 4.82. The fourth-order valence-corrected chi connectivity index (χ4v) is 4.35. The highest BCUT2D eigenvalue weighted by Gasteiger charge is 2.16. The molecule has 0 saturated carbocycles. The van der Waals surface area contributed by atoms with Crippen molar-refractivity contribution >= 4 is 22.5 Å². The summed E-state index contributed by atoms with van der Waals surface area (Å²) in [4.78, 5) is 24.0. The molecule has 0 aliphatic carbocycles. The molecule has 8 nitrogen and oxygen atoms in total. The number of hydrogen-bond donors (Lipinski definition) is 1. The summed E-state index contributed by atoms with van der Waals surface area (Å²) < 4.78 is 2.32. The SMILES string of the molecule is CN(C)CCNc1cc(C(=O)Cc2cc3cc(-c4cnc5n4CCCC5)ccc3nn2)ccn1. The van der Waals surface area contributed by atoms with E-state index in [1.54, 1.807) is 18.3 Å². The number of rotatable bonds is 8. The summed E-state index contributed by atoms with van der Waals surface area (Å²) in [6.07, 6.45) is 7.24. The smallest absolute Gasteiger partial charge is 0.169 e. The Morgan fingerprint density at radius 3 is 2.88 bits per heavy atom. The van der Waals surface area contributed by atoms with Crippen molar-refractivity contribution in [2.75, 3.05) is 32.5 Å². The lowest BCUT2D eigenvalue weighted by atomic mass is 10.0. The molecule has 3 aromatic heterocycles. The van der Waals surface area contributed by atoms with Gasteiger partial charge in [0, 0.05) is 48.8 Å². The van der Waals surface area contributed by atoms with Gasteiger partial charge in [-0.2, -0.15) is 10.2 Å². The van der Waals surface area contributed by atoms with Crippen molar-refractivity contribution in [3.05, 3.63) is 65.9 Å². The van der Waals surface area contributed by atoms with Crippen LogP contribution >= 0.6 is 0 Å². The highest BCUT2D eigenvalue weighted by atomic mass is 16.1. The number of likely N-dealkylation sites (N-methyl/N-ethyl adjacent to an activating group) is 1. The lowest BCUT2D eigenvalue weighted by Gasteiger charge is -2.16. The average Bonchev–Trinajstić information content (AvgIpc) is 3.28. The third-order valence-corrected chi connectivity index (χ3v) is 6.19. The zero-order valence-electron chi connectivity index (χ0n) is 19.7. The predicted molar refractivity (Wildman–Crippen MR) is 133 cm³/mol. The van der Waals surface area contributed by atoms with E-state index >= 15 is 0 Å². The van der Waals surface area contributed by atoms with Crippen molar-refractivity contribution in [2.45, 2.75) is 32.2 Å². The summed E-state index contributed by atoms with van der Waals surface area (Å²) in [5.74, 6) is 1.85. The molecule has 1 N–H and O–H groups in total. The van der Waals surface area contributed by atoms with E-state index in [1.165, 1.54) is 12.8 Å². The molecule has 0 bridgehead atoms. The van der Waals surface area contributed by atoms with E-state index in [9.17, 15) is 4.79 Å². The summed E-state index contributed by atoms with van der Waals surface area (Å²) in [6, 6.07) is 11.7. The Hall–Kier alpha value is -3.65. The van der Waals surface area contributed by atoms with Crippen LogP contribution in [0.5, 0.6) is 0 Å². The second-order valence-corrected chi connectivity index (χ2v) is 9.04. The third-order valence-electron chi connectivity index (χ3n) is 6.19. The van der Waals surface area contributed by atoms with Gasteiger partial charge in [0.25, 0.3) is 0 Å². The minimum absolute atomic E-state index is 0.00674. The van der Waals surface area contributed by atoms with E-state index in [0.717, 1.165) is 54.0 Å². The van der Waals surface area contributed by atoms with Crippen LogP contribution in [-0.2, 0) is 19.4 Å². The van der Waals surface area contributed by atoms with Gasteiger partial charge in [-0.1, -0.05) is 6.07 Å². The Kier molecular flexibility index (Phi) is 6.31. The van der Waals surface area contributed by atoms with Crippen LogP contribution in [0.4, 0.5) is 5.82 Å². The van der Waals surface area contributed by atoms with Gasteiger partial charge in [-0.05, 0) is 57.3 Å². The lowest BCUT2D eigenvalue weighted by molar-refractivity contribution is 0.0991. The molecular weight excluding hydrogens is 426 g/mol. The van der Waals surface area contributed by atoms with Gasteiger partial charge in [-0.25, -0.2) is 9.97 Å². The lowest BCUT2D eigenvalue weighted by Crippen LogP contribution is -2.21. The van der Waals surface area contributed by atoms with Crippen molar-refractivity contribution in [3.63, 3.8) is 0 Å². The van der Waals surface area contributed by atoms with Crippen molar-refractivity contribution in [2.24, 2.45) is 0 Å². The van der Waals surface area contributed by atoms with E-state index in [0.29, 0.717) is 17.1 Å². The van der Waals surface area contributed by atoms with Gasteiger partial charge < -0.3 is 14.8 Å². The number of aromatic nitrogens is 5. The molecule has 0 atom stereocenters. The second-order valence-electron chi connectivity index (χ2n) is 9.04. The molecule has 5 rings (SSSR count). The van der Waals surface area contributed by atoms with Crippen molar-refractivity contribution < 1.29 is 4.79 Å². The highest BCUT2D eigenvalue weighted by molar-refractivity contribution is 5.98. The number of anilines is 1. The number of fused-ring (bicyclic) bond motifs is 2. The molecule has 8 heteroatoms. The number of hydrogen-bond acceptors (Lipinski definition) is 7. The maximum atomic E-state index is 13.0. The van der Waals surface area contributed by atoms with Gasteiger partial charge in [0.1, 0.15) is 11.6 Å². The molecule has 0 unspecified atom stereocenters. The molecule has 1 aromatic carbocycles. The predicted octanol–water partition coefficient (Wildman–Crippen LogP) is 3.62. The molecule has 34 heavy (non-hydrogen) atoms. The van der Waals surface area contributed by atoms with Crippen LogP contribution in [0, 0.1) is 0 Å². The largest absolute Gasteiger partial charge is 0.369 e. The van der Waals surface area contributed by atoms with Crippen LogP contribution in [0.2, 0.25) is 0 Å². The monoisotopic (exact) mass is 455 g/mol. The fraction of sp³-hybridized carbons (Fsp3) is 0.346. The Morgan fingerprint density at radius 1 is 1.09 bits per heavy atom. The molecule has 4 heterocycles. The van der Waals surface area contributed by atoms with E-state index in [1.807, 2.05) is 32.4 Å². The van der Waals surface area contributed by atoms with E-state index < -0.39 is 0 Å². The summed E-state index contributed by atoms with van der Waals surface area (Å²) in [5.41, 5.74) is 4.33. The first-order valence-electron chi connectivity index (χ1n) is 11.8. The molecule has 174 valence electrons. The number of Topliss-reactive ketones (excluding diaryl/α,β-unsaturated/α-hetero) is 1. The molecule has 0 fully saturated rings. The molecular formula is C26H29N7O. The van der Waals surface area contributed by atoms with Crippen LogP contribution in [0.15, 0.2) is 48.8 Å². The van der Waals surface area contributed by atoms with Crippen LogP contribution in [-0.4, -0.2) is 62.6 Å².